The second-order valence-electron chi connectivity index (χ2n) is 4.51. The second-order valence-corrected chi connectivity index (χ2v) is 4.51. The summed E-state index contributed by atoms with van der Waals surface area (Å²) in [7, 11) is 0. The Balaban J connectivity index is 1.95. The molecule has 15 heavy (non-hydrogen) atoms. The van der Waals surface area contributed by atoms with Gasteiger partial charge >= 0.3 is 0 Å². The molecule has 80 valence electrons. The summed E-state index contributed by atoms with van der Waals surface area (Å²) < 4.78 is 18.5. The minimum absolute atomic E-state index is 0.0767. The van der Waals surface area contributed by atoms with Crippen molar-refractivity contribution in [2.24, 2.45) is 5.92 Å². The first-order chi connectivity index (χ1) is 7.31. The van der Waals surface area contributed by atoms with Crippen LogP contribution in [0.3, 0.4) is 0 Å². The molecule has 2 nitrogen and oxygen atoms in total. The fourth-order valence-electron chi connectivity index (χ4n) is 2.44. The van der Waals surface area contributed by atoms with Crippen molar-refractivity contribution in [1.29, 1.82) is 0 Å². The van der Waals surface area contributed by atoms with Crippen LogP contribution in [0.1, 0.15) is 5.56 Å². The van der Waals surface area contributed by atoms with E-state index in [2.05, 4.69) is 5.32 Å². The van der Waals surface area contributed by atoms with Gasteiger partial charge in [-0.3, -0.25) is 0 Å². The SMILES string of the molecule is Fc1cccc(C2(C3CNC3)COC2)c1. The molecule has 2 fully saturated rings. The summed E-state index contributed by atoms with van der Waals surface area (Å²) in [6, 6.07) is 6.96. The van der Waals surface area contributed by atoms with Crippen LogP contribution in [0.2, 0.25) is 0 Å². The summed E-state index contributed by atoms with van der Waals surface area (Å²) in [5, 5.41) is 3.27. The lowest BCUT2D eigenvalue weighted by Gasteiger charge is -2.51. The van der Waals surface area contributed by atoms with Crippen LogP contribution < -0.4 is 5.32 Å². The summed E-state index contributed by atoms with van der Waals surface area (Å²) in [5.41, 5.74) is 1.17. The molecule has 0 saturated carbocycles. The van der Waals surface area contributed by atoms with E-state index >= 15 is 0 Å². The van der Waals surface area contributed by atoms with Crippen LogP contribution in [0.25, 0.3) is 0 Å². The molecule has 2 saturated heterocycles. The molecule has 1 aromatic carbocycles. The Morgan fingerprint density at radius 2 is 2.13 bits per heavy atom. The van der Waals surface area contributed by atoms with Crippen molar-refractivity contribution in [3.05, 3.63) is 35.6 Å². The Labute approximate surface area is 88.4 Å². The topological polar surface area (TPSA) is 21.3 Å². The molecule has 1 aromatic rings. The van der Waals surface area contributed by atoms with Crippen molar-refractivity contribution in [1.82, 2.24) is 5.32 Å². The molecule has 3 heteroatoms. The lowest BCUT2D eigenvalue weighted by atomic mass is 9.66. The van der Waals surface area contributed by atoms with Gasteiger partial charge in [-0.05, 0) is 23.6 Å². The summed E-state index contributed by atoms with van der Waals surface area (Å²) in [4.78, 5) is 0. The zero-order chi connectivity index (χ0) is 10.3. The number of ether oxygens (including phenoxy) is 1. The zero-order valence-electron chi connectivity index (χ0n) is 8.50. The Hall–Kier alpha value is -0.930. The van der Waals surface area contributed by atoms with Crippen LogP contribution in [0.5, 0.6) is 0 Å². The van der Waals surface area contributed by atoms with Crippen LogP contribution >= 0.6 is 0 Å². The van der Waals surface area contributed by atoms with Crippen molar-refractivity contribution in [3.8, 4) is 0 Å². The number of rotatable bonds is 2. The van der Waals surface area contributed by atoms with E-state index in [1.165, 1.54) is 6.07 Å². The molecule has 0 atom stereocenters. The molecule has 0 amide bonds. The number of halogens is 1. The number of hydrogen-bond acceptors (Lipinski definition) is 2. The van der Waals surface area contributed by atoms with Gasteiger partial charge in [0.1, 0.15) is 5.82 Å². The third-order valence-electron chi connectivity index (χ3n) is 3.68. The van der Waals surface area contributed by atoms with Gasteiger partial charge in [-0.2, -0.15) is 0 Å². The standard InChI is InChI=1S/C12H14FNO/c13-11-3-1-2-9(4-11)12(7-15-8-12)10-5-14-6-10/h1-4,10,14H,5-8H2. The van der Waals surface area contributed by atoms with Gasteiger partial charge in [-0.25, -0.2) is 4.39 Å². The molecule has 2 aliphatic rings. The minimum Gasteiger partial charge on any atom is -0.379 e. The summed E-state index contributed by atoms with van der Waals surface area (Å²) >= 11 is 0. The minimum atomic E-state index is -0.147. The average Bonchev–Trinajstić information content (AvgIpc) is 2.07. The third-order valence-corrected chi connectivity index (χ3v) is 3.68. The molecular formula is C12H14FNO. The molecule has 3 rings (SSSR count). The first-order valence-electron chi connectivity index (χ1n) is 5.36. The van der Waals surface area contributed by atoms with Crippen molar-refractivity contribution in [2.45, 2.75) is 5.41 Å². The van der Waals surface area contributed by atoms with Crippen LogP contribution in [0.4, 0.5) is 4.39 Å². The van der Waals surface area contributed by atoms with Crippen molar-refractivity contribution < 1.29 is 9.13 Å². The molecule has 0 radical (unpaired) electrons. The third kappa shape index (κ3) is 1.30. The van der Waals surface area contributed by atoms with Gasteiger partial charge in [0.25, 0.3) is 0 Å². The Bertz CT molecular complexity index is 372. The van der Waals surface area contributed by atoms with Crippen LogP contribution in [0.15, 0.2) is 24.3 Å². The molecular weight excluding hydrogens is 193 g/mol. The fraction of sp³-hybridized carbons (Fsp3) is 0.500. The van der Waals surface area contributed by atoms with Gasteiger partial charge in [-0.1, -0.05) is 12.1 Å². The van der Waals surface area contributed by atoms with Gasteiger partial charge in [0, 0.05) is 18.5 Å². The van der Waals surface area contributed by atoms with E-state index < -0.39 is 0 Å². The van der Waals surface area contributed by atoms with Crippen LogP contribution in [-0.2, 0) is 10.2 Å². The number of nitrogens with one attached hydrogen (secondary N) is 1. The van der Waals surface area contributed by atoms with E-state index in [-0.39, 0.29) is 11.2 Å². The highest BCUT2D eigenvalue weighted by Gasteiger charge is 2.49. The van der Waals surface area contributed by atoms with Gasteiger partial charge in [0.05, 0.1) is 13.2 Å². The molecule has 2 heterocycles. The van der Waals surface area contributed by atoms with Crippen LogP contribution in [-0.4, -0.2) is 26.3 Å². The normalized spacial score (nSPS) is 24.3. The molecule has 0 unspecified atom stereocenters. The summed E-state index contributed by atoms with van der Waals surface area (Å²) in [6.07, 6.45) is 0. The van der Waals surface area contributed by atoms with Gasteiger partial charge in [0.2, 0.25) is 0 Å². The van der Waals surface area contributed by atoms with Gasteiger partial charge in [-0.15, -0.1) is 0 Å². The molecule has 0 bridgehead atoms. The van der Waals surface area contributed by atoms with Crippen LogP contribution in [0, 0.1) is 11.7 Å². The summed E-state index contributed by atoms with van der Waals surface area (Å²) in [5.74, 6) is 0.458. The van der Waals surface area contributed by atoms with Crippen molar-refractivity contribution in [2.75, 3.05) is 26.3 Å². The lowest BCUT2D eigenvalue weighted by molar-refractivity contribution is -0.101. The first kappa shape index (κ1) is 9.31. The highest BCUT2D eigenvalue weighted by atomic mass is 19.1. The zero-order valence-corrected chi connectivity index (χ0v) is 8.50. The second kappa shape index (κ2) is 3.29. The summed E-state index contributed by atoms with van der Waals surface area (Å²) in [6.45, 7) is 3.53. The molecule has 0 aliphatic carbocycles. The van der Waals surface area contributed by atoms with Crippen molar-refractivity contribution in [3.63, 3.8) is 0 Å². The Kier molecular flexibility index (Phi) is 2.04. The van der Waals surface area contributed by atoms with E-state index in [0.717, 1.165) is 31.9 Å². The maximum atomic E-state index is 13.2. The quantitative estimate of drug-likeness (QED) is 0.789. The van der Waals surface area contributed by atoms with E-state index in [1.807, 2.05) is 6.07 Å². The van der Waals surface area contributed by atoms with E-state index in [9.17, 15) is 4.39 Å². The lowest BCUT2D eigenvalue weighted by Crippen LogP contribution is -2.62. The van der Waals surface area contributed by atoms with E-state index in [0.29, 0.717) is 5.92 Å². The monoisotopic (exact) mass is 207 g/mol. The van der Waals surface area contributed by atoms with E-state index in [1.54, 1.807) is 12.1 Å². The Morgan fingerprint density at radius 3 is 2.60 bits per heavy atom. The molecule has 0 spiro atoms. The maximum absolute atomic E-state index is 13.2. The fourth-order valence-corrected chi connectivity index (χ4v) is 2.44. The number of hydrogen-bond donors (Lipinski definition) is 1. The predicted molar refractivity (Wildman–Crippen MR) is 55.3 cm³/mol. The smallest absolute Gasteiger partial charge is 0.123 e. The predicted octanol–water partition coefficient (Wildman–Crippen LogP) is 1.31. The molecule has 0 aromatic heterocycles. The van der Waals surface area contributed by atoms with Gasteiger partial charge < -0.3 is 10.1 Å². The largest absolute Gasteiger partial charge is 0.379 e. The molecule has 1 N–H and O–H groups in total. The van der Waals surface area contributed by atoms with Crippen molar-refractivity contribution >= 4 is 0 Å². The molecule has 2 aliphatic heterocycles. The average molecular weight is 207 g/mol. The maximum Gasteiger partial charge on any atom is 0.123 e. The van der Waals surface area contributed by atoms with E-state index in [4.69, 9.17) is 4.74 Å². The Morgan fingerprint density at radius 1 is 1.33 bits per heavy atom. The van der Waals surface area contributed by atoms with Gasteiger partial charge in [0.15, 0.2) is 0 Å². The first-order valence-corrected chi connectivity index (χ1v) is 5.36. The highest BCUT2D eigenvalue weighted by molar-refractivity contribution is 5.31. The highest BCUT2D eigenvalue weighted by Crippen LogP contribution is 2.41. The number of benzene rings is 1.